The number of hydrogen-bond donors (Lipinski definition) is 1. The molecule has 0 saturated carbocycles. The summed E-state index contributed by atoms with van der Waals surface area (Å²) in [6.45, 7) is 2.89. The summed E-state index contributed by atoms with van der Waals surface area (Å²) in [7, 11) is 0. The van der Waals surface area contributed by atoms with Crippen molar-refractivity contribution in [2.45, 2.75) is 25.8 Å². The van der Waals surface area contributed by atoms with Crippen LogP contribution in [0.4, 0.5) is 0 Å². The molecule has 4 nitrogen and oxygen atoms in total. The van der Waals surface area contributed by atoms with Crippen molar-refractivity contribution in [2.75, 3.05) is 13.1 Å². The number of ketones is 1. The van der Waals surface area contributed by atoms with Gasteiger partial charge in [-0.2, -0.15) is 0 Å². The average molecular weight is 331 g/mol. The number of rotatable bonds is 3. The molecule has 1 amide bonds. The Morgan fingerprint density at radius 1 is 1.24 bits per heavy atom. The first-order valence-electron chi connectivity index (χ1n) is 6.83. The monoisotopic (exact) mass is 330 g/mol. The Morgan fingerprint density at radius 3 is 2.24 bits per heavy atom. The molecule has 2 N–H and O–H groups in total. The third kappa shape index (κ3) is 4.43. The SMILES string of the molecule is C[C@H](N)C(=O)N1CCC(C(=O)c2ccc(Cl)cc2)CC1.Cl. The summed E-state index contributed by atoms with van der Waals surface area (Å²) in [6, 6.07) is 6.49. The van der Waals surface area contributed by atoms with Gasteiger partial charge in [0.1, 0.15) is 0 Å². The maximum Gasteiger partial charge on any atom is 0.239 e. The van der Waals surface area contributed by atoms with Crippen LogP contribution in [0.2, 0.25) is 5.02 Å². The minimum absolute atomic E-state index is 0. The number of piperidine rings is 1. The predicted molar refractivity (Wildman–Crippen MR) is 86.0 cm³/mol. The number of benzene rings is 1. The van der Waals surface area contributed by atoms with Crippen molar-refractivity contribution in [1.82, 2.24) is 4.90 Å². The number of carbonyl (C=O) groups is 2. The number of likely N-dealkylation sites (tertiary alicyclic amines) is 1. The molecular formula is C15H20Cl2N2O2. The van der Waals surface area contributed by atoms with Gasteiger partial charge in [0.05, 0.1) is 6.04 Å². The van der Waals surface area contributed by atoms with Crippen LogP contribution in [0.15, 0.2) is 24.3 Å². The average Bonchev–Trinajstić information content (AvgIpc) is 2.46. The van der Waals surface area contributed by atoms with Crippen LogP contribution < -0.4 is 5.73 Å². The van der Waals surface area contributed by atoms with Gasteiger partial charge in [-0.05, 0) is 44.0 Å². The van der Waals surface area contributed by atoms with Crippen molar-refractivity contribution in [3.05, 3.63) is 34.9 Å². The van der Waals surface area contributed by atoms with Crippen LogP contribution in [0.25, 0.3) is 0 Å². The molecule has 0 spiro atoms. The lowest BCUT2D eigenvalue weighted by Gasteiger charge is -2.32. The Labute approximate surface area is 136 Å². The first kappa shape index (κ1) is 18.0. The summed E-state index contributed by atoms with van der Waals surface area (Å²) < 4.78 is 0. The Morgan fingerprint density at radius 2 is 1.76 bits per heavy atom. The third-order valence-electron chi connectivity index (χ3n) is 3.70. The Bertz CT molecular complexity index is 495. The van der Waals surface area contributed by atoms with Gasteiger partial charge in [-0.1, -0.05) is 11.6 Å². The van der Waals surface area contributed by atoms with Crippen molar-refractivity contribution >= 4 is 35.7 Å². The van der Waals surface area contributed by atoms with E-state index in [1.54, 1.807) is 36.1 Å². The second-order valence-corrected chi connectivity index (χ2v) is 5.70. The first-order valence-corrected chi connectivity index (χ1v) is 7.21. The molecule has 0 unspecified atom stereocenters. The molecule has 1 atom stereocenters. The van der Waals surface area contributed by atoms with Crippen LogP contribution in [-0.2, 0) is 4.79 Å². The van der Waals surface area contributed by atoms with E-state index < -0.39 is 6.04 Å². The van der Waals surface area contributed by atoms with E-state index in [0.717, 1.165) is 0 Å². The van der Waals surface area contributed by atoms with E-state index in [9.17, 15) is 9.59 Å². The van der Waals surface area contributed by atoms with Gasteiger partial charge in [0, 0.05) is 29.6 Å². The van der Waals surface area contributed by atoms with E-state index in [1.165, 1.54) is 0 Å². The fourth-order valence-electron chi connectivity index (χ4n) is 2.50. The number of amides is 1. The summed E-state index contributed by atoms with van der Waals surface area (Å²) >= 11 is 5.82. The highest BCUT2D eigenvalue weighted by atomic mass is 35.5. The fraction of sp³-hybridized carbons (Fsp3) is 0.467. The number of nitrogens with zero attached hydrogens (tertiary/aromatic N) is 1. The van der Waals surface area contributed by atoms with Gasteiger partial charge >= 0.3 is 0 Å². The van der Waals surface area contributed by atoms with Crippen molar-refractivity contribution in [1.29, 1.82) is 0 Å². The number of Topliss-reactive ketones (excluding diaryl/α,β-unsaturated/α-hetero) is 1. The maximum absolute atomic E-state index is 12.4. The van der Waals surface area contributed by atoms with E-state index in [-0.39, 0.29) is 30.0 Å². The molecule has 6 heteroatoms. The molecule has 1 aromatic rings. The van der Waals surface area contributed by atoms with E-state index in [0.29, 0.717) is 36.5 Å². The summed E-state index contributed by atoms with van der Waals surface area (Å²) in [5.41, 5.74) is 6.28. The van der Waals surface area contributed by atoms with Crippen molar-refractivity contribution < 1.29 is 9.59 Å². The number of hydrogen-bond acceptors (Lipinski definition) is 3. The van der Waals surface area contributed by atoms with E-state index in [1.807, 2.05) is 0 Å². The minimum atomic E-state index is -0.474. The summed E-state index contributed by atoms with van der Waals surface area (Å²) in [5, 5.41) is 0.624. The van der Waals surface area contributed by atoms with Crippen LogP contribution in [0.5, 0.6) is 0 Å². The van der Waals surface area contributed by atoms with Crippen molar-refractivity contribution in [3.8, 4) is 0 Å². The molecule has 2 rings (SSSR count). The van der Waals surface area contributed by atoms with Crippen LogP contribution in [0.1, 0.15) is 30.1 Å². The molecule has 1 saturated heterocycles. The smallest absolute Gasteiger partial charge is 0.239 e. The van der Waals surface area contributed by atoms with Gasteiger partial charge in [0.15, 0.2) is 5.78 Å². The molecule has 0 aromatic heterocycles. The van der Waals surface area contributed by atoms with Crippen molar-refractivity contribution in [3.63, 3.8) is 0 Å². The molecule has 1 aromatic carbocycles. The molecular weight excluding hydrogens is 311 g/mol. The highest BCUT2D eigenvalue weighted by Gasteiger charge is 2.28. The van der Waals surface area contributed by atoms with Gasteiger partial charge in [-0.15, -0.1) is 12.4 Å². The van der Waals surface area contributed by atoms with E-state index in [2.05, 4.69) is 0 Å². The Hall–Kier alpha value is -1.10. The van der Waals surface area contributed by atoms with Crippen LogP contribution in [0, 0.1) is 5.92 Å². The molecule has 1 aliphatic rings. The molecule has 0 radical (unpaired) electrons. The zero-order chi connectivity index (χ0) is 14.7. The molecule has 1 heterocycles. The lowest BCUT2D eigenvalue weighted by Crippen LogP contribution is -2.46. The lowest BCUT2D eigenvalue weighted by atomic mass is 9.89. The number of carbonyl (C=O) groups excluding carboxylic acids is 2. The number of nitrogens with two attached hydrogens (primary N) is 1. The third-order valence-corrected chi connectivity index (χ3v) is 3.95. The highest BCUT2D eigenvalue weighted by molar-refractivity contribution is 6.30. The molecule has 1 fully saturated rings. The largest absolute Gasteiger partial charge is 0.341 e. The molecule has 116 valence electrons. The fourth-order valence-corrected chi connectivity index (χ4v) is 2.63. The Kier molecular flexibility index (Phi) is 6.65. The molecule has 0 bridgehead atoms. The van der Waals surface area contributed by atoms with Crippen molar-refractivity contribution in [2.24, 2.45) is 11.7 Å². The van der Waals surface area contributed by atoms with Gasteiger partial charge in [0.2, 0.25) is 5.91 Å². The maximum atomic E-state index is 12.4. The normalized spacial score (nSPS) is 17.0. The topological polar surface area (TPSA) is 63.4 Å². The predicted octanol–water partition coefficient (Wildman–Crippen LogP) is 2.53. The second kappa shape index (κ2) is 7.78. The second-order valence-electron chi connectivity index (χ2n) is 5.26. The quantitative estimate of drug-likeness (QED) is 0.866. The molecule has 21 heavy (non-hydrogen) atoms. The van der Waals surface area contributed by atoms with E-state index in [4.69, 9.17) is 17.3 Å². The van der Waals surface area contributed by atoms with Crippen LogP contribution in [0.3, 0.4) is 0 Å². The van der Waals surface area contributed by atoms with Gasteiger partial charge in [-0.25, -0.2) is 0 Å². The first-order chi connectivity index (χ1) is 9.49. The summed E-state index contributed by atoms with van der Waals surface area (Å²) in [5.74, 6) is 0.0743. The standard InChI is InChI=1S/C15H19ClN2O2.ClH/c1-10(17)15(20)18-8-6-12(7-9-18)14(19)11-2-4-13(16)5-3-11;/h2-5,10,12H,6-9,17H2,1H3;1H/t10-;/m0./s1. The Balaban J connectivity index is 0.00000220. The zero-order valence-corrected chi connectivity index (χ0v) is 13.5. The van der Waals surface area contributed by atoms with Crippen LogP contribution in [-0.4, -0.2) is 35.7 Å². The van der Waals surface area contributed by atoms with Crippen LogP contribution >= 0.6 is 24.0 Å². The minimum Gasteiger partial charge on any atom is -0.341 e. The summed E-state index contributed by atoms with van der Waals surface area (Å²) in [6.07, 6.45) is 1.39. The zero-order valence-electron chi connectivity index (χ0n) is 11.9. The number of halogens is 2. The summed E-state index contributed by atoms with van der Waals surface area (Å²) in [4.78, 5) is 25.9. The lowest BCUT2D eigenvalue weighted by molar-refractivity contribution is -0.133. The van der Waals surface area contributed by atoms with Gasteiger partial charge < -0.3 is 10.6 Å². The molecule has 1 aliphatic heterocycles. The molecule has 0 aliphatic carbocycles. The highest BCUT2D eigenvalue weighted by Crippen LogP contribution is 2.23. The van der Waals surface area contributed by atoms with Gasteiger partial charge in [-0.3, -0.25) is 9.59 Å². The van der Waals surface area contributed by atoms with E-state index >= 15 is 0 Å². The van der Waals surface area contributed by atoms with Gasteiger partial charge in [0.25, 0.3) is 0 Å².